The minimum atomic E-state index is -4.69. The highest BCUT2D eigenvalue weighted by Gasteiger charge is 2.37. The first-order valence-corrected chi connectivity index (χ1v) is 8.34. The molecular weight excluding hydrogens is 412 g/mol. The number of aromatic nitrogens is 4. The van der Waals surface area contributed by atoms with E-state index in [0.717, 1.165) is 11.4 Å². The summed E-state index contributed by atoms with van der Waals surface area (Å²) in [4.78, 5) is 7.87. The van der Waals surface area contributed by atoms with Crippen molar-refractivity contribution in [2.24, 2.45) is 0 Å². The van der Waals surface area contributed by atoms with Gasteiger partial charge in [0.15, 0.2) is 5.82 Å². The molecule has 12 heteroatoms. The SMILES string of the molecule is CCc1nc2nc(Cl)c(-c3c(F)cc(F)cc3F)c(N[C@@H](C)C(F)(F)F)n2n1. The fourth-order valence-corrected chi connectivity index (χ4v) is 2.75. The van der Waals surface area contributed by atoms with Crippen molar-refractivity contribution < 1.29 is 26.3 Å². The normalized spacial score (nSPS) is 13.2. The van der Waals surface area contributed by atoms with Gasteiger partial charge in [0.05, 0.1) is 11.1 Å². The first kappa shape index (κ1) is 20.2. The minimum absolute atomic E-state index is 0.162. The number of benzene rings is 1. The van der Waals surface area contributed by atoms with Crippen LogP contribution in [0, 0.1) is 17.5 Å². The highest BCUT2D eigenvalue weighted by Crippen LogP contribution is 2.39. The summed E-state index contributed by atoms with van der Waals surface area (Å²) in [5.41, 5.74) is -1.38. The van der Waals surface area contributed by atoms with E-state index in [0.29, 0.717) is 18.6 Å². The van der Waals surface area contributed by atoms with Gasteiger partial charge in [-0.25, -0.2) is 13.2 Å². The van der Waals surface area contributed by atoms with Crippen molar-refractivity contribution in [3.05, 3.63) is 40.6 Å². The van der Waals surface area contributed by atoms with Crippen LogP contribution in [0.1, 0.15) is 19.7 Å². The molecule has 3 rings (SSSR count). The minimum Gasteiger partial charge on any atom is -0.358 e. The van der Waals surface area contributed by atoms with Crippen LogP contribution >= 0.6 is 11.6 Å². The van der Waals surface area contributed by atoms with Crippen molar-refractivity contribution in [3.8, 4) is 11.1 Å². The number of rotatable bonds is 4. The Morgan fingerprint density at radius 2 is 1.71 bits per heavy atom. The van der Waals surface area contributed by atoms with Gasteiger partial charge < -0.3 is 5.32 Å². The number of hydrogen-bond acceptors (Lipinski definition) is 4. The molecule has 0 bridgehead atoms. The van der Waals surface area contributed by atoms with Gasteiger partial charge in [-0.15, -0.1) is 5.10 Å². The highest BCUT2D eigenvalue weighted by molar-refractivity contribution is 6.33. The van der Waals surface area contributed by atoms with E-state index in [1.807, 2.05) is 0 Å². The quantitative estimate of drug-likeness (QED) is 0.484. The Morgan fingerprint density at radius 1 is 1.11 bits per heavy atom. The van der Waals surface area contributed by atoms with Gasteiger partial charge in [-0.05, 0) is 6.92 Å². The lowest BCUT2D eigenvalue weighted by Crippen LogP contribution is -2.34. The number of fused-ring (bicyclic) bond motifs is 1. The van der Waals surface area contributed by atoms with Gasteiger partial charge in [-0.1, -0.05) is 18.5 Å². The zero-order valence-corrected chi connectivity index (χ0v) is 15.1. The molecule has 0 saturated carbocycles. The summed E-state index contributed by atoms with van der Waals surface area (Å²) in [7, 11) is 0. The molecule has 0 radical (unpaired) electrons. The molecular formula is C16H12ClF6N5. The molecule has 0 spiro atoms. The summed E-state index contributed by atoms with van der Waals surface area (Å²) in [6, 6.07) is -1.36. The molecule has 2 heterocycles. The second kappa shape index (κ2) is 7.12. The van der Waals surface area contributed by atoms with Gasteiger partial charge in [-0.3, -0.25) is 0 Å². The Kier molecular flexibility index (Phi) is 5.13. The molecule has 0 aliphatic carbocycles. The summed E-state index contributed by atoms with van der Waals surface area (Å²) < 4.78 is 82.1. The largest absolute Gasteiger partial charge is 0.408 e. The Morgan fingerprint density at radius 3 is 2.25 bits per heavy atom. The van der Waals surface area contributed by atoms with Gasteiger partial charge in [0, 0.05) is 18.6 Å². The second-order valence-corrected chi connectivity index (χ2v) is 6.23. The predicted octanol–water partition coefficient (Wildman–Crippen LogP) is 4.79. The third-order valence-electron chi connectivity index (χ3n) is 3.90. The molecule has 28 heavy (non-hydrogen) atoms. The Balaban J connectivity index is 2.36. The molecule has 3 aromatic rings. The fraction of sp³-hybridized carbons (Fsp3) is 0.312. The predicted molar refractivity (Wildman–Crippen MR) is 89.6 cm³/mol. The van der Waals surface area contributed by atoms with Crippen LogP contribution in [0.15, 0.2) is 12.1 Å². The number of nitrogens with zero attached hydrogens (tertiary/aromatic N) is 4. The average molecular weight is 424 g/mol. The summed E-state index contributed by atoms with van der Waals surface area (Å²) in [5.74, 6) is -4.33. The number of alkyl halides is 3. The molecule has 1 atom stereocenters. The van der Waals surface area contributed by atoms with E-state index < -0.39 is 51.8 Å². The molecule has 150 valence electrons. The maximum absolute atomic E-state index is 14.3. The van der Waals surface area contributed by atoms with E-state index in [9.17, 15) is 26.3 Å². The number of halogens is 7. The fourth-order valence-electron chi connectivity index (χ4n) is 2.49. The van der Waals surface area contributed by atoms with Gasteiger partial charge in [0.25, 0.3) is 5.78 Å². The van der Waals surface area contributed by atoms with Crippen molar-refractivity contribution in [1.29, 1.82) is 0 Å². The third-order valence-corrected chi connectivity index (χ3v) is 4.18. The monoisotopic (exact) mass is 423 g/mol. The first-order chi connectivity index (χ1) is 13.0. The summed E-state index contributed by atoms with van der Waals surface area (Å²) >= 11 is 6.04. The number of aryl methyl sites for hydroxylation is 1. The van der Waals surface area contributed by atoms with E-state index in [1.54, 1.807) is 6.92 Å². The van der Waals surface area contributed by atoms with E-state index in [2.05, 4.69) is 20.4 Å². The van der Waals surface area contributed by atoms with Crippen molar-refractivity contribution in [2.75, 3.05) is 5.32 Å². The van der Waals surface area contributed by atoms with Crippen molar-refractivity contribution >= 4 is 23.2 Å². The smallest absolute Gasteiger partial charge is 0.358 e. The van der Waals surface area contributed by atoms with Gasteiger partial charge in [-0.2, -0.15) is 27.7 Å². The van der Waals surface area contributed by atoms with E-state index in [4.69, 9.17) is 11.6 Å². The molecule has 1 N–H and O–H groups in total. The van der Waals surface area contributed by atoms with Crippen LogP contribution in [0.4, 0.5) is 32.2 Å². The molecule has 0 aliphatic rings. The van der Waals surface area contributed by atoms with Crippen molar-refractivity contribution in [1.82, 2.24) is 19.6 Å². The van der Waals surface area contributed by atoms with Crippen LogP contribution in [0.25, 0.3) is 16.9 Å². The molecule has 1 aromatic carbocycles. The Hall–Kier alpha value is -2.56. The molecule has 0 unspecified atom stereocenters. The number of anilines is 1. The van der Waals surface area contributed by atoms with Gasteiger partial charge in [0.1, 0.15) is 34.5 Å². The van der Waals surface area contributed by atoms with Crippen LogP contribution in [0.3, 0.4) is 0 Å². The summed E-state index contributed by atoms with van der Waals surface area (Å²) in [6.45, 7) is 2.50. The maximum atomic E-state index is 14.3. The van der Waals surface area contributed by atoms with E-state index in [-0.39, 0.29) is 11.6 Å². The topological polar surface area (TPSA) is 55.1 Å². The Labute approximate surface area is 159 Å². The van der Waals surface area contributed by atoms with E-state index >= 15 is 0 Å². The number of hydrogen-bond donors (Lipinski definition) is 1. The van der Waals surface area contributed by atoms with Crippen LogP contribution in [-0.4, -0.2) is 31.8 Å². The molecule has 0 amide bonds. The lowest BCUT2D eigenvalue weighted by molar-refractivity contribution is -0.138. The van der Waals surface area contributed by atoms with E-state index in [1.165, 1.54) is 0 Å². The Bertz CT molecular complexity index is 1030. The maximum Gasteiger partial charge on any atom is 0.408 e. The molecule has 0 aliphatic heterocycles. The van der Waals surface area contributed by atoms with Crippen LogP contribution in [0.2, 0.25) is 5.15 Å². The lowest BCUT2D eigenvalue weighted by atomic mass is 10.1. The van der Waals surface area contributed by atoms with Crippen molar-refractivity contribution in [2.45, 2.75) is 32.5 Å². The first-order valence-electron chi connectivity index (χ1n) is 7.96. The van der Waals surface area contributed by atoms with Crippen LogP contribution in [-0.2, 0) is 6.42 Å². The molecule has 0 fully saturated rings. The zero-order chi connectivity index (χ0) is 20.8. The molecule has 0 saturated heterocycles. The standard InChI is InChI=1S/C16H12ClF6N5/c1-3-10-25-15-26-13(17)12(11-8(19)4-7(18)5-9(11)20)14(28(15)27-10)24-6(2)16(21,22)23/h4-6,24H,3H2,1-2H3/t6-/m0/s1. The average Bonchev–Trinajstić information content (AvgIpc) is 2.98. The van der Waals surface area contributed by atoms with Crippen LogP contribution < -0.4 is 5.32 Å². The second-order valence-electron chi connectivity index (χ2n) is 5.87. The molecule has 2 aromatic heterocycles. The molecule has 5 nitrogen and oxygen atoms in total. The summed E-state index contributed by atoms with van der Waals surface area (Å²) in [5, 5.41) is 5.60. The van der Waals surface area contributed by atoms with Gasteiger partial charge in [0.2, 0.25) is 0 Å². The number of nitrogens with one attached hydrogen (secondary N) is 1. The van der Waals surface area contributed by atoms with Gasteiger partial charge >= 0.3 is 6.18 Å². The summed E-state index contributed by atoms with van der Waals surface area (Å²) in [6.07, 6.45) is -4.36. The zero-order valence-electron chi connectivity index (χ0n) is 14.4. The lowest BCUT2D eigenvalue weighted by Gasteiger charge is -2.21. The highest BCUT2D eigenvalue weighted by atomic mass is 35.5. The van der Waals surface area contributed by atoms with Crippen LogP contribution in [0.5, 0.6) is 0 Å². The third kappa shape index (κ3) is 3.58. The van der Waals surface area contributed by atoms with Crippen molar-refractivity contribution in [3.63, 3.8) is 0 Å².